The van der Waals surface area contributed by atoms with Crippen LogP contribution in [0.25, 0.3) is 0 Å². The number of rotatable bonds is 4. The maximum atomic E-state index is 5.83. The fraction of sp³-hybridized carbons (Fsp3) is 1.00. The van der Waals surface area contributed by atoms with Crippen molar-refractivity contribution >= 4 is 0 Å². The number of hydrogen-bond donors (Lipinski definition) is 2. The van der Waals surface area contributed by atoms with Gasteiger partial charge in [-0.25, -0.2) is 0 Å². The van der Waals surface area contributed by atoms with E-state index in [1.807, 2.05) is 0 Å². The van der Waals surface area contributed by atoms with Crippen LogP contribution >= 0.6 is 0 Å². The Morgan fingerprint density at radius 2 is 2.29 bits per heavy atom. The molecule has 0 radical (unpaired) electrons. The second-order valence-electron chi connectivity index (χ2n) is 4.49. The van der Waals surface area contributed by atoms with E-state index in [2.05, 4.69) is 23.9 Å². The molecule has 0 amide bonds. The summed E-state index contributed by atoms with van der Waals surface area (Å²) < 4.78 is 0. The Morgan fingerprint density at radius 3 is 2.86 bits per heavy atom. The van der Waals surface area contributed by atoms with Crippen LogP contribution in [0.15, 0.2) is 0 Å². The third-order valence-electron chi connectivity index (χ3n) is 3.05. The van der Waals surface area contributed by atoms with Crippen molar-refractivity contribution in [2.24, 2.45) is 11.5 Å². The Kier molecular flexibility index (Phi) is 4.81. The normalized spacial score (nSPS) is 26.8. The largest absolute Gasteiger partial charge is 0.329 e. The number of piperidine rings is 1. The molecule has 0 aromatic heterocycles. The van der Waals surface area contributed by atoms with E-state index in [-0.39, 0.29) is 6.04 Å². The SMILES string of the molecule is CN1CCCC(N(C)CC(N)CN)C1. The van der Waals surface area contributed by atoms with Gasteiger partial charge in [0, 0.05) is 31.7 Å². The fourth-order valence-electron chi connectivity index (χ4n) is 2.09. The quantitative estimate of drug-likeness (QED) is 0.630. The Balaban J connectivity index is 2.31. The van der Waals surface area contributed by atoms with Gasteiger partial charge in [-0.1, -0.05) is 0 Å². The highest BCUT2D eigenvalue weighted by Gasteiger charge is 2.21. The van der Waals surface area contributed by atoms with Crippen LogP contribution < -0.4 is 11.5 Å². The first-order valence-electron chi connectivity index (χ1n) is 5.48. The molecule has 1 heterocycles. The van der Waals surface area contributed by atoms with Gasteiger partial charge < -0.3 is 21.3 Å². The second kappa shape index (κ2) is 5.66. The van der Waals surface area contributed by atoms with Crippen molar-refractivity contribution in [3.63, 3.8) is 0 Å². The van der Waals surface area contributed by atoms with Crippen molar-refractivity contribution in [2.75, 3.05) is 40.3 Å². The summed E-state index contributed by atoms with van der Waals surface area (Å²) >= 11 is 0. The molecule has 0 saturated carbocycles. The molecule has 2 unspecified atom stereocenters. The van der Waals surface area contributed by atoms with Gasteiger partial charge in [0.25, 0.3) is 0 Å². The number of likely N-dealkylation sites (tertiary alicyclic amines) is 1. The summed E-state index contributed by atoms with van der Waals surface area (Å²) in [5, 5.41) is 0. The molecule has 1 aliphatic rings. The smallest absolute Gasteiger partial charge is 0.0292 e. The van der Waals surface area contributed by atoms with Crippen LogP contribution in [0.3, 0.4) is 0 Å². The lowest BCUT2D eigenvalue weighted by atomic mass is 10.0. The van der Waals surface area contributed by atoms with Crippen LogP contribution in [-0.2, 0) is 0 Å². The van der Waals surface area contributed by atoms with Gasteiger partial charge in [-0.15, -0.1) is 0 Å². The van der Waals surface area contributed by atoms with Crippen molar-refractivity contribution in [2.45, 2.75) is 24.9 Å². The molecule has 1 saturated heterocycles. The van der Waals surface area contributed by atoms with Crippen molar-refractivity contribution in [3.05, 3.63) is 0 Å². The minimum Gasteiger partial charge on any atom is -0.329 e. The van der Waals surface area contributed by atoms with Gasteiger partial charge in [-0.05, 0) is 33.5 Å². The van der Waals surface area contributed by atoms with E-state index in [1.165, 1.54) is 19.4 Å². The Hall–Kier alpha value is -0.160. The Bertz CT molecular complexity index is 162. The molecule has 0 bridgehead atoms. The predicted molar refractivity (Wildman–Crippen MR) is 60.2 cm³/mol. The number of nitrogens with zero attached hydrogens (tertiary/aromatic N) is 2. The number of likely N-dealkylation sites (N-methyl/N-ethyl adjacent to an activating group) is 2. The third kappa shape index (κ3) is 3.53. The molecule has 2 atom stereocenters. The minimum atomic E-state index is 0.118. The van der Waals surface area contributed by atoms with E-state index < -0.39 is 0 Å². The molecule has 4 nitrogen and oxygen atoms in total. The Morgan fingerprint density at radius 1 is 1.57 bits per heavy atom. The average Bonchev–Trinajstić information content (AvgIpc) is 2.17. The number of nitrogens with two attached hydrogens (primary N) is 2. The summed E-state index contributed by atoms with van der Waals surface area (Å²) in [6.45, 7) is 3.88. The summed E-state index contributed by atoms with van der Waals surface area (Å²) in [5.41, 5.74) is 11.4. The summed E-state index contributed by atoms with van der Waals surface area (Å²) in [7, 11) is 4.34. The summed E-state index contributed by atoms with van der Waals surface area (Å²) in [6, 6.07) is 0.776. The van der Waals surface area contributed by atoms with Crippen molar-refractivity contribution in [1.29, 1.82) is 0 Å². The predicted octanol–water partition coefficient (Wildman–Crippen LogP) is -0.702. The van der Waals surface area contributed by atoms with Gasteiger partial charge in [-0.3, -0.25) is 0 Å². The van der Waals surface area contributed by atoms with Gasteiger partial charge in [0.2, 0.25) is 0 Å². The molecule has 0 aromatic carbocycles. The lowest BCUT2D eigenvalue weighted by Crippen LogP contribution is -2.50. The molecule has 1 rings (SSSR count). The van der Waals surface area contributed by atoms with Crippen LogP contribution in [0.5, 0.6) is 0 Å². The van der Waals surface area contributed by atoms with E-state index in [1.54, 1.807) is 0 Å². The van der Waals surface area contributed by atoms with Crippen LogP contribution in [0.1, 0.15) is 12.8 Å². The van der Waals surface area contributed by atoms with E-state index in [0.717, 1.165) is 13.1 Å². The number of hydrogen-bond acceptors (Lipinski definition) is 4. The third-order valence-corrected chi connectivity index (χ3v) is 3.05. The molecule has 1 fully saturated rings. The second-order valence-corrected chi connectivity index (χ2v) is 4.49. The van der Waals surface area contributed by atoms with Crippen molar-refractivity contribution in [1.82, 2.24) is 9.80 Å². The average molecular weight is 200 g/mol. The molecule has 0 spiro atoms. The van der Waals surface area contributed by atoms with E-state index in [0.29, 0.717) is 12.6 Å². The monoisotopic (exact) mass is 200 g/mol. The maximum Gasteiger partial charge on any atom is 0.0292 e. The molecule has 14 heavy (non-hydrogen) atoms. The summed E-state index contributed by atoms with van der Waals surface area (Å²) in [5.74, 6) is 0. The molecule has 4 N–H and O–H groups in total. The van der Waals surface area contributed by atoms with Crippen molar-refractivity contribution < 1.29 is 0 Å². The highest BCUT2D eigenvalue weighted by atomic mass is 15.2. The first-order chi connectivity index (χ1) is 6.63. The summed E-state index contributed by atoms with van der Waals surface area (Å²) in [6.07, 6.45) is 2.58. The standard InChI is InChI=1S/C10H24N4/c1-13-5-3-4-10(8-13)14(2)7-9(12)6-11/h9-10H,3-8,11-12H2,1-2H3. The van der Waals surface area contributed by atoms with Gasteiger partial charge in [-0.2, -0.15) is 0 Å². The van der Waals surface area contributed by atoms with E-state index >= 15 is 0 Å². The van der Waals surface area contributed by atoms with Crippen molar-refractivity contribution in [3.8, 4) is 0 Å². The lowest BCUT2D eigenvalue weighted by Gasteiger charge is -2.36. The van der Waals surface area contributed by atoms with Gasteiger partial charge in [0.05, 0.1) is 0 Å². The van der Waals surface area contributed by atoms with Crippen LogP contribution in [0, 0.1) is 0 Å². The van der Waals surface area contributed by atoms with E-state index in [9.17, 15) is 0 Å². The zero-order valence-electron chi connectivity index (χ0n) is 9.45. The summed E-state index contributed by atoms with van der Waals surface area (Å²) in [4.78, 5) is 4.74. The van der Waals surface area contributed by atoms with Crippen LogP contribution in [0.4, 0.5) is 0 Å². The minimum absolute atomic E-state index is 0.118. The van der Waals surface area contributed by atoms with Gasteiger partial charge >= 0.3 is 0 Å². The zero-order valence-corrected chi connectivity index (χ0v) is 9.45. The molecule has 4 heteroatoms. The fourth-order valence-corrected chi connectivity index (χ4v) is 2.09. The highest BCUT2D eigenvalue weighted by molar-refractivity contribution is 4.79. The molecule has 84 valence electrons. The van der Waals surface area contributed by atoms with Gasteiger partial charge in [0.15, 0.2) is 0 Å². The lowest BCUT2D eigenvalue weighted by molar-refractivity contribution is 0.130. The first kappa shape index (κ1) is 11.9. The first-order valence-corrected chi connectivity index (χ1v) is 5.48. The maximum absolute atomic E-state index is 5.83. The molecule has 0 aromatic rings. The van der Waals surface area contributed by atoms with Gasteiger partial charge in [0.1, 0.15) is 0 Å². The topological polar surface area (TPSA) is 58.5 Å². The molecular weight excluding hydrogens is 176 g/mol. The molecular formula is C10H24N4. The molecule has 1 aliphatic heterocycles. The zero-order chi connectivity index (χ0) is 10.6. The molecule has 0 aliphatic carbocycles. The van der Waals surface area contributed by atoms with E-state index in [4.69, 9.17) is 11.5 Å². The Labute approximate surface area is 87.2 Å². The van der Waals surface area contributed by atoms with Crippen LogP contribution in [-0.4, -0.2) is 62.2 Å². The highest BCUT2D eigenvalue weighted by Crippen LogP contribution is 2.13. The van der Waals surface area contributed by atoms with Crippen LogP contribution in [0.2, 0.25) is 0 Å².